The number of anilines is 1. The van der Waals surface area contributed by atoms with E-state index in [2.05, 4.69) is 11.9 Å². The molecule has 0 spiro atoms. The third-order valence-corrected chi connectivity index (χ3v) is 2.20. The second-order valence-corrected chi connectivity index (χ2v) is 3.64. The van der Waals surface area contributed by atoms with Crippen LogP contribution in [-0.4, -0.2) is 11.8 Å². The lowest BCUT2D eigenvalue weighted by Gasteiger charge is -2.04. The lowest BCUT2D eigenvalue weighted by molar-refractivity contribution is -0.111. The summed E-state index contributed by atoms with van der Waals surface area (Å²) in [7, 11) is 0. The fourth-order valence-electron chi connectivity index (χ4n) is 1.22. The number of hydrogen-bond acceptors (Lipinski definition) is 2. The highest BCUT2D eigenvalue weighted by molar-refractivity contribution is 6.63. The van der Waals surface area contributed by atoms with Crippen LogP contribution in [0.25, 0.3) is 0 Å². The molecule has 0 saturated heterocycles. The number of carbonyl (C=O) groups excluding carboxylic acids is 1. The van der Waals surface area contributed by atoms with E-state index in [1.165, 1.54) is 0 Å². The molecule has 0 aliphatic rings. The third-order valence-electron chi connectivity index (χ3n) is 2.01. The van der Waals surface area contributed by atoms with Gasteiger partial charge in [-0.1, -0.05) is 18.2 Å². The van der Waals surface area contributed by atoms with Crippen molar-refractivity contribution < 1.29 is 4.79 Å². The van der Waals surface area contributed by atoms with Gasteiger partial charge in [-0.25, -0.2) is 0 Å². The molecule has 0 bridgehead atoms. The lowest BCUT2D eigenvalue weighted by Crippen LogP contribution is -1.97. The van der Waals surface area contributed by atoms with Gasteiger partial charge in [-0.2, -0.15) is 0 Å². The molecule has 0 amide bonds. The molecule has 0 fully saturated rings. The number of benzene rings is 1. The summed E-state index contributed by atoms with van der Waals surface area (Å²) in [5.41, 5.74) is 2.17. The van der Waals surface area contributed by atoms with Gasteiger partial charge in [0.2, 0.25) is 5.24 Å². The fraction of sp³-hybridized carbons (Fsp3) is 0.250. The molecule has 1 N–H and O–H groups in total. The molecule has 1 aromatic carbocycles. The molecule has 2 nitrogen and oxygen atoms in total. The van der Waals surface area contributed by atoms with Crippen molar-refractivity contribution in [1.82, 2.24) is 0 Å². The molecule has 88 valence electrons. The number of carbonyl (C=O) groups is 1. The Morgan fingerprint density at radius 2 is 2.00 bits per heavy atom. The second-order valence-electron chi connectivity index (χ2n) is 3.22. The van der Waals surface area contributed by atoms with E-state index in [9.17, 15) is 4.79 Å². The van der Waals surface area contributed by atoms with E-state index < -0.39 is 0 Å². The van der Waals surface area contributed by atoms with E-state index in [0.29, 0.717) is 12.8 Å². The number of halogens is 2. The lowest BCUT2D eigenvalue weighted by atomic mass is 10.1. The summed E-state index contributed by atoms with van der Waals surface area (Å²) in [6, 6.07) is 7.95. The SMILES string of the molecule is C=CCNc1ccc(CCC(=O)Cl)cc1.Cl. The van der Waals surface area contributed by atoms with Crippen molar-refractivity contribution in [3.8, 4) is 0 Å². The molecular weight excluding hydrogens is 245 g/mol. The van der Waals surface area contributed by atoms with Crippen molar-refractivity contribution in [3.63, 3.8) is 0 Å². The molecule has 0 aliphatic carbocycles. The summed E-state index contributed by atoms with van der Waals surface area (Å²) in [5, 5.41) is 2.89. The zero-order valence-corrected chi connectivity index (χ0v) is 10.5. The van der Waals surface area contributed by atoms with Crippen LogP contribution in [-0.2, 0) is 11.2 Å². The highest BCUT2D eigenvalue weighted by Gasteiger charge is 1.98. The zero-order valence-electron chi connectivity index (χ0n) is 8.91. The van der Waals surface area contributed by atoms with Crippen LogP contribution in [0.2, 0.25) is 0 Å². The Labute approximate surface area is 107 Å². The predicted octanol–water partition coefficient (Wildman–Crippen LogP) is 3.40. The number of aryl methyl sites for hydroxylation is 1. The summed E-state index contributed by atoms with van der Waals surface area (Å²) >= 11 is 5.27. The van der Waals surface area contributed by atoms with Gasteiger partial charge in [-0.15, -0.1) is 19.0 Å². The standard InChI is InChI=1S/C12H14ClNO.ClH/c1-2-9-14-11-6-3-10(4-7-11)5-8-12(13)15;/h2-4,6-7,14H,1,5,8-9H2;1H. The number of nitrogens with one attached hydrogen (secondary N) is 1. The van der Waals surface area contributed by atoms with Crippen molar-refractivity contribution in [2.45, 2.75) is 12.8 Å². The first-order chi connectivity index (χ1) is 7.22. The van der Waals surface area contributed by atoms with Gasteiger partial charge in [-0.05, 0) is 35.7 Å². The van der Waals surface area contributed by atoms with Gasteiger partial charge in [0.1, 0.15) is 0 Å². The third kappa shape index (κ3) is 5.79. The molecule has 1 rings (SSSR count). The van der Waals surface area contributed by atoms with E-state index in [1.54, 1.807) is 6.08 Å². The summed E-state index contributed by atoms with van der Waals surface area (Å²) in [6.07, 6.45) is 2.89. The fourth-order valence-corrected chi connectivity index (χ4v) is 1.32. The van der Waals surface area contributed by atoms with Crippen LogP contribution in [0.15, 0.2) is 36.9 Å². The molecule has 0 aliphatic heterocycles. The minimum Gasteiger partial charge on any atom is -0.382 e. The van der Waals surface area contributed by atoms with Gasteiger partial charge < -0.3 is 5.32 Å². The Morgan fingerprint density at radius 1 is 1.38 bits per heavy atom. The van der Waals surface area contributed by atoms with Crippen LogP contribution in [0.4, 0.5) is 5.69 Å². The summed E-state index contributed by atoms with van der Waals surface area (Å²) in [6.45, 7) is 4.38. The van der Waals surface area contributed by atoms with Crippen molar-refractivity contribution >= 4 is 34.9 Å². The summed E-state index contributed by atoms with van der Waals surface area (Å²) < 4.78 is 0. The second kappa shape index (κ2) is 8.20. The van der Waals surface area contributed by atoms with Crippen LogP contribution >= 0.6 is 24.0 Å². The largest absolute Gasteiger partial charge is 0.382 e. The summed E-state index contributed by atoms with van der Waals surface area (Å²) in [4.78, 5) is 10.6. The summed E-state index contributed by atoms with van der Waals surface area (Å²) in [5.74, 6) is 0. The zero-order chi connectivity index (χ0) is 11.1. The average Bonchev–Trinajstić information content (AvgIpc) is 2.25. The minimum absolute atomic E-state index is 0. The van der Waals surface area contributed by atoms with Gasteiger partial charge in [0.15, 0.2) is 0 Å². The minimum atomic E-state index is -0.288. The first-order valence-corrected chi connectivity index (χ1v) is 5.22. The highest BCUT2D eigenvalue weighted by atomic mass is 35.5. The van der Waals surface area contributed by atoms with E-state index in [4.69, 9.17) is 11.6 Å². The normalized spacial score (nSPS) is 9.06. The maximum atomic E-state index is 10.6. The molecular formula is C12H15Cl2NO. The highest BCUT2D eigenvalue weighted by Crippen LogP contribution is 2.11. The molecule has 0 unspecified atom stereocenters. The molecule has 0 heterocycles. The van der Waals surface area contributed by atoms with Gasteiger partial charge in [0.25, 0.3) is 0 Å². The topological polar surface area (TPSA) is 29.1 Å². The van der Waals surface area contributed by atoms with E-state index in [0.717, 1.165) is 17.8 Å². The Bertz CT molecular complexity index is 335. The van der Waals surface area contributed by atoms with Crippen LogP contribution in [0, 0.1) is 0 Å². The van der Waals surface area contributed by atoms with Crippen molar-refractivity contribution in [2.24, 2.45) is 0 Å². The molecule has 0 atom stereocenters. The molecule has 1 aromatic rings. The maximum Gasteiger partial charge on any atom is 0.221 e. The van der Waals surface area contributed by atoms with E-state index >= 15 is 0 Å². The molecule has 0 saturated carbocycles. The van der Waals surface area contributed by atoms with Crippen molar-refractivity contribution in [3.05, 3.63) is 42.5 Å². The first-order valence-electron chi connectivity index (χ1n) is 4.84. The van der Waals surface area contributed by atoms with Crippen LogP contribution < -0.4 is 5.32 Å². The Hall–Kier alpha value is -0.990. The monoisotopic (exact) mass is 259 g/mol. The first kappa shape index (κ1) is 15.0. The average molecular weight is 260 g/mol. The van der Waals surface area contributed by atoms with Crippen molar-refractivity contribution in [2.75, 3.05) is 11.9 Å². The van der Waals surface area contributed by atoms with Crippen molar-refractivity contribution in [1.29, 1.82) is 0 Å². The number of hydrogen-bond donors (Lipinski definition) is 1. The van der Waals surface area contributed by atoms with Gasteiger partial charge >= 0.3 is 0 Å². The van der Waals surface area contributed by atoms with Crippen LogP contribution in [0.3, 0.4) is 0 Å². The predicted molar refractivity (Wildman–Crippen MR) is 71.6 cm³/mol. The van der Waals surface area contributed by atoms with Crippen LogP contribution in [0.5, 0.6) is 0 Å². The smallest absolute Gasteiger partial charge is 0.221 e. The van der Waals surface area contributed by atoms with Gasteiger partial charge in [0.05, 0.1) is 0 Å². The maximum absolute atomic E-state index is 10.6. The Morgan fingerprint density at radius 3 is 2.50 bits per heavy atom. The quantitative estimate of drug-likeness (QED) is 0.627. The number of rotatable bonds is 6. The molecule has 4 heteroatoms. The molecule has 0 aromatic heterocycles. The Balaban J connectivity index is 0.00000225. The van der Waals surface area contributed by atoms with Gasteiger partial charge in [-0.3, -0.25) is 4.79 Å². The Kier molecular flexibility index (Phi) is 7.69. The molecule has 0 radical (unpaired) electrons. The molecule has 16 heavy (non-hydrogen) atoms. The van der Waals surface area contributed by atoms with Gasteiger partial charge in [0, 0.05) is 18.7 Å². The van der Waals surface area contributed by atoms with E-state index in [1.807, 2.05) is 24.3 Å². The van der Waals surface area contributed by atoms with E-state index in [-0.39, 0.29) is 17.6 Å². The van der Waals surface area contributed by atoms with Crippen LogP contribution in [0.1, 0.15) is 12.0 Å².